The van der Waals surface area contributed by atoms with Gasteiger partial charge in [-0.25, -0.2) is 4.98 Å². The normalized spacial score (nSPS) is 11.2. The van der Waals surface area contributed by atoms with Gasteiger partial charge in [0.25, 0.3) is 5.91 Å². The van der Waals surface area contributed by atoms with Crippen LogP contribution in [0.2, 0.25) is 0 Å². The van der Waals surface area contributed by atoms with E-state index in [1.807, 2.05) is 63.5 Å². The third-order valence-electron chi connectivity index (χ3n) is 4.23. The number of hydrogen-bond acceptors (Lipinski definition) is 3. The van der Waals surface area contributed by atoms with Crippen molar-refractivity contribution in [3.63, 3.8) is 0 Å². The Morgan fingerprint density at radius 2 is 1.88 bits per heavy atom. The molecule has 3 rings (SSSR count). The highest BCUT2D eigenvalue weighted by atomic mass is 16.1. The fourth-order valence-corrected chi connectivity index (χ4v) is 3.06. The van der Waals surface area contributed by atoms with E-state index >= 15 is 0 Å². The van der Waals surface area contributed by atoms with Gasteiger partial charge in [-0.1, -0.05) is 12.1 Å². The van der Waals surface area contributed by atoms with Crippen LogP contribution in [0.25, 0.3) is 11.0 Å². The smallest absolute Gasteiger partial charge is 0.255 e. The summed E-state index contributed by atoms with van der Waals surface area (Å²) in [6, 6.07) is 13.6. The molecule has 0 bridgehead atoms. The van der Waals surface area contributed by atoms with Gasteiger partial charge >= 0.3 is 0 Å². The molecule has 3 aromatic rings. The fourth-order valence-electron chi connectivity index (χ4n) is 3.06. The molecule has 0 fully saturated rings. The second-order valence-electron chi connectivity index (χ2n) is 6.50. The number of nitrogens with one attached hydrogen (secondary N) is 1. The number of imidazole rings is 1. The van der Waals surface area contributed by atoms with Crippen molar-refractivity contribution in [1.29, 1.82) is 0 Å². The SMILES string of the molecule is CCn1c(C)nc2cc(NC(=O)c3ccc(CN(C)C)cc3)ccc21. The minimum absolute atomic E-state index is 0.109. The molecular weight excluding hydrogens is 312 g/mol. The maximum atomic E-state index is 12.5. The van der Waals surface area contributed by atoms with Gasteiger partial charge in [0.05, 0.1) is 11.0 Å². The Morgan fingerprint density at radius 1 is 1.16 bits per heavy atom. The van der Waals surface area contributed by atoms with Gasteiger partial charge in [0.15, 0.2) is 0 Å². The van der Waals surface area contributed by atoms with Crippen molar-refractivity contribution in [3.8, 4) is 0 Å². The van der Waals surface area contributed by atoms with Gasteiger partial charge in [-0.3, -0.25) is 4.79 Å². The molecule has 130 valence electrons. The van der Waals surface area contributed by atoms with Gasteiger partial charge in [-0.2, -0.15) is 0 Å². The first-order chi connectivity index (χ1) is 12.0. The van der Waals surface area contributed by atoms with Crippen molar-refractivity contribution in [3.05, 3.63) is 59.4 Å². The lowest BCUT2D eigenvalue weighted by molar-refractivity contribution is 0.102. The summed E-state index contributed by atoms with van der Waals surface area (Å²) in [6.07, 6.45) is 0. The van der Waals surface area contributed by atoms with E-state index in [9.17, 15) is 4.79 Å². The minimum atomic E-state index is -0.109. The van der Waals surface area contributed by atoms with E-state index in [0.717, 1.165) is 35.6 Å². The molecule has 0 saturated heterocycles. The van der Waals surface area contributed by atoms with E-state index < -0.39 is 0 Å². The Hall–Kier alpha value is -2.66. The quantitative estimate of drug-likeness (QED) is 0.773. The van der Waals surface area contributed by atoms with Crippen LogP contribution in [0.15, 0.2) is 42.5 Å². The zero-order valence-corrected chi connectivity index (χ0v) is 15.2. The third-order valence-corrected chi connectivity index (χ3v) is 4.23. The number of fused-ring (bicyclic) bond motifs is 1. The van der Waals surface area contributed by atoms with E-state index in [1.54, 1.807) is 0 Å². The molecule has 0 atom stereocenters. The number of aromatic nitrogens is 2. The molecule has 0 aliphatic heterocycles. The van der Waals surface area contributed by atoms with E-state index in [0.29, 0.717) is 5.56 Å². The van der Waals surface area contributed by atoms with Crippen LogP contribution in [-0.4, -0.2) is 34.5 Å². The highest BCUT2D eigenvalue weighted by Gasteiger charge is 2.10. The summed E-state index contributed by atoms with van der Waals surface area (Å²) >= 11 is 0. The lowest BCUT2D eigenvalue weighted by atomic mass is 10.1. The lowest BCUT2D eigenvalue weighted by Crippen LogP contribution is -2.13. The van der Waals surface area contributed by atoms with Crippen molar-refractivity contribution in [1.82, 2.24) is 14.5 Å². The van der Waals surface area contributed by atoms with Crippen LogP contribution in [0, 0.1) is 6.92 Å². The average Bonchev–Trinajstić information content (AvgIpc) is 2.89. The maximum Gasteiger partial charge on any atom is 0.255 e. The number of rotatable bonds is 5. The van der Waals surface area contributed by atoms with Crippen molar-refractivity contribution < 1.29 is 4.79 Å². The van der Waals surface area contributed by atoms with E-state index in [4.69, 9.17) is 0 Å². The largest absolute Gasteiger partial charge is 0.329 e. The molecule has 2 aromatic carbocycles. The number of hydrogen-bond donors (Lipinski definition) is 1. The van der Waals surface area contributed by atoms with Crippen molar-refractivity contribution >= 4 is 22.6 Å². The third kappa shape index (κ3) is 3.72. The molecule has 5 heteroatoms. The number of nitrogens with zero attached hydrogens (tertiary/aromatic N) is 3. The number of carbonyl (C=O) groups is 1. The first kappa shape index (κ1) is 17.2. The molecule has 25 heavy (non-hydrogen) atoms. The molecule has 0 aliphatic rings. The second-order valence-corrected chi connectivity index (χ2v) is 6.50. The number of anilines is 1. The summed E-state index contributed by atoms with van der Waals surface area (Å²) < 4.78 is 2.16. The van der Waals surface area contributed by atoms with Gasteiger partial charge in [-0.15, -0.1) is 0 Å². The van der Waals surface area contributed by atoms with Crippen LogP contribution < -0.4 is 5.32 Å². The summed E-state index contributed by atoms with van der Waals surface area (Å²) in [5.41, 5.74) is 4.58. The van der Waals surface area contributed by atoms with Crippen molar-refractivity contribution in [2.24, 2.45) is 0 Å². The molecule has 0 radical (unpaired) electrons. The summed E-state index contributed by atoms with van der Waals surface area (Å²) in [5.74, 6) is 0.875. The van der Waals surface area contributed by atoms with Gasteiger partial charge in [0, 0.05) is 24.3 Å². The Balaban J connectivity index is 1.77. The van der Waals surface area contributed by atoms with Crippen LogP contribution in [-0.2, 0) is 13.1 Å². The highest BCUT2D eigenvalue weighted by Crippen LogP contribution is 2.21. The summed E-state index contributed by atoms with van der Waals surface area (Å²) in [4.78, 5) is 19.1. The predicted octanol–water partition coefficient (Wildman–Crippen LogP) is 3.68. The minimum Gasteiger partial charge on any atom is -0.329 e. The standard InChI is InChI=1S/C20H24N4O/c1-5-24-14(2)21-18-12-17(10-11-19(18)24)22-20(25)16-8-6-15(7-9-16)13-23(3)4/h6-12H,5,13H2,1-4H3,(H,22,25). The number of benzene rings is 2. The van der Waals surface area contributed by atoms with Gasteiger partial charge in [0.2, 0.25) is 0 Å². The molecular formula is C20H24N4O. The van der Waals surface area contributed by atoms with Crippen molar-refractivity contribution in [2.75, 3.05) is 19.4 Å². The number of amides is 1. The Labute approximate surface area is 148 Å². The molecule has 1 heterocycles. The van der Waals surface area contributed by atoms with Crippen LogP contribution in [0.1, 0.15) is 28.7 Å². The van der Waals surface area contributed by atoms with Crippen LogP contribution in [0.3, 0.4) is 0 Å². The first-order valence-corrected chi connectivity index (χ1v) is 8.50. The van der Waals surface area contributed by atoms with Crippen LogP contribution in [0.5, 0.6) is 0 Å². The van der Waals surface area contributed by atoms with Crippen LogP contribution >= 0.6 is 0 Å². The predicted molar refractivity (Wildman–Crippen MR) is 102 cm³/mol. The molecule has 1 N–H and O–H groups in total. The van der Waals surface area contributed by atoms with Gasteiger partial charge < -0.3 is 14.8 Å². The van der Waals surface area contributed by atoms with E-state index in [-0.39, 0.29) is 5.91 Å². The van der Waals surface area contributed by atoms with E-state index in [2.05, 4.69) is 26.7 Å². The molecule has 0 unspecified atom stereocenters. The van der Waals surface area contributed by atoms with Crippen LogP contribution in [0.4, 0.5) is 5.69 Å². The molecule has 0 spiro atoms. The molecule has 1 amide bonds. The fraction of sp³-hybridized carbons (Fsp3) is 0.300. The Morgan fingerprint density at radius 3 is 2.52 bits per heavy atom. The number of carbonyl (C=O) groups excluding carboxylic acids is 1. The highest BCUT2D eigenvalue weighted by molar-refractivity contribution is 6.05. The van der Waals surface area contributed by atoms with Gasteiger partial charge in [0.1, 0.15) is 5.82 Å². The zero-order chi connectivity index (χ0) is 18.0. The van der Waals surface area contributed by atoms with E-state index in [1.165, 1.54) is 5.56 Å². The average molecular weight is 336 g/mol. The van der Waals surface area contributed by atoms with Crippen molar-refractivity contribution in [2.45, 2.75) is 26.9 Å². The Kier molecular flexibility index (Phi) is 4.86. The summed E-state index contributed by atoms with van der Waals surface area (Å²) in [7, 11) is 4.05. The summed E-state index contributed by atoms with van der Waals surface area (Å²) in [6.45, 7) is 5.84. The molecule has 5 nitrogen and oxygen atoms in total. The second kappa shape index (κ2) is 7.07. The molecule has 0 saturated carbocycles. The topological polar surface area (TPSA) is 50.2 Å². The Bertz CT molecular complexity index is 894. The first-order valence-electron chi connectivity index (χ1n) is 8.50. The monoisotopic (exact) mass is 336 g/mol. The molecule has 1 aromatic heterocycles. The zero-order valence-electron chi connectivity index (χ0n) is 15.2. The maximum absolute atomic E-state index is 12.5. The van der Waals surface area contributed by atoms with Gasteiger partial charge in [-0.05, 0) is 63.8 Å². The molecule has 0 aliphatic carbocycles. The lowest BCUT2D eigenvalue weighted by Gasteiger charge is -2.10. The summed E-state index contributed by atoms with van der Waals surface area (Å²) in [5, 5.41) is 2.96. The number of aryl methyl sites for hydroxylation is 2.